The number of pyridine rings is 1. The van der Waals surface area contributed by atoms with Crippen LogP contribution in [0.15, 0.2) is 42.6 Å². The molecule has 1 aromatic carbocycles. The van der Waals surface area contributed by atoms with E-state index in [1.807, 2.05) is 36.4 Å². The van der Waals surface area contributed by atoms with Gasteiger partial charge in [0.15, 0.2) is 0 Å². The first-order valence-corrected chi connectivity index (χ1v) is 7.68. The number of para-hydroxylation sites is 1. The molecule has 2 heterocycles. The van der Waals surface area contributed by atoms with Gasteiger partial charge in [0.1, 0.15) is 6.07 Å². The molecule has 3 aromatic rings. The van der Waals surface area contributed by atoms with Crippen LogP contribution in [0.3, 0.4) is 0 Å². The van der Waals surface area contributed by atoms with E-state index in [-0.39, 0.29) is 6.04 Å². The predicted octanol–water partition coefficient (Wildman–Crippen LogP) is 4.99. The summed E-state index contributed by atoms with van der Waals surface area (Å²) in [5.74, 6) is 0. The van der Waals surface area contributed by atoms with E-state index in [0.29, 0.717) is 5.56 Å². The number of anilines is 1. The Morgan fingerprint density at radius 3 is 2.81 bits per heavy atom. The molecule has 104 valence electrons. The van der Waals surface area contributed by atoms with Gasteiger partial charge < -0.3 is 5.32 Å². The Kier molecular flexibility index (Phi) is 3.78. The van der Waals surface area contributed by atoms with Gasteiger partial charge in [-0.15, -0.1) is 11.3 Å². The number of nitrogens with one attached hydrogen (secondary N) is 1. The first kappa shape index (κ1) is 13.9. The van der Waals surface area contributed by atoms with E-state index >= 15 is 0 Å². The van der Waals surface area contributed by atoms with Gasteiger partial charge in [-0.2, -0.15) is 5.26 Å². The Morgan fingerprint density at radius 1 is 1.29 bits per heavy atom. The molecule has 0 fully saturated rings. The summed E-state index contributed by atoms with van der Waals surface area (Å²) in [6, 6.07) is 14.0. The third-order valence-electron chi connectivity index (χ3n) is 3.28. The van der Waals surface area contributed by atoms with Gasteiger partial charge in [0.05, 0.1) is 27.1 Å². The average Bonchev–Trinajstić information content (AvgIpc) is 2.94. The number of fused-ring (bicyclic) bond motifs is 1. The fourth-order valence-corrected chi connectivity index (χ4v) is 3.29. The third kappa shape index (κ3) is 2.71. The fraction of sp³-hybridized carbons (Fsp3) is 0.125. The normalized spacial score (nSPS) is 12.0. The number of aromatic nitrogens is 1. The highest BCUT2D eigenvalue weighted by Crippen LogP contribution is 2.32. The summed E-state index contributed by atoms with van der Waals surface area (Å²) in [6.07, 6.45) is 1.61. The summed E-state index contributed by atoms with van der Waals surface area (Å²) in [7, 11) is 0. The van der Waals surface area contributed by atoms with Crippen molar-refractivity contribution in [1.29, 1.82) is 5.26 Å². The highest BCUT2D eigenvalue weighted by atomic mass is 35.5. The quantitative estimate of drug-likeness (QED) is 0.740. The first-order chi connectivity index (χ1) is 10.2. The summed E-state index contributed by atoms with van der Waals surface area (Å²) >= 11 is 7.53. The second kappa shape index (κ2) is 5.72. The Morgan fingerprint density at radius 2 is 2.10 bits per heavy atom. The molecule has 3 nitrogen and oxygen atoms in total. The van der Waals surface area contributed by atoms with Crippen molar-refractivity contribution in [3.63, 3.8) is 0 Å². The number of hydrogen-bond donors (Lipinski definition) is 1. The molecule has 0 saturated carbocycles. The van der Waals surface area contributed by atoms with Crippen LogP contribution in [0.25, 0.3) is 10.9 Å². The molecule has 2 aromatic heterocycles. The standard InChI is InChI=1S/C16H12ClN3S/c1-10(14-6-7-15(17)21-14)20-16-11(8-18)9-19-13-5-3-2-4-12(13)16/h2-7,9-10H,1H3,(H,19,20). The van der Waals surface area contributed by atoms with E-state index in [1.165, 1.54) is 11.3 Å². The maximum absolute atomic E-state index is 9.32. The Bertz CT molecular complexity index is 835. The van der Waals surface area contributed by atoms with Gasteiger partial charge in [-0.25, -0.2) is 0 Å². The minimum atomic E-state index is 0.0698. The van der Waals surface area contributed by atoms with Crippen LogP contribution in [0.4, 0.5) is 5.69 Å². The molecule has 1 unspecified atom stereocenters. The van der Waals surface area contributed by atoms with Gasteiger partial charge in [0, 0.05) is 16.5 Å². The molecule has 0 spiro atoms. The zero-order valence-corrected chi connectivity index (χ0v) is 12.9. The molecule has 0 aliphatic carbocycles. The number of halogens is 1. The maximum Gasteiger partial charge on any atom is 0.103 e. The van der Waals surface area contributed by atoms with Gasteiger partial charge in [-0.3, -0.25) is 4.98 Å². The van der Waals surface area contributed by atoms with Crippen LogP contribution in [0, 0.1) is 11.3 Å². The molecular weight excluding hydrogens is 302 g/mol. The smallest absolute Gasteiger partial charge is 0.103 e. The number of thiophene rings is 1. The number of nitriles is 1. The summed E-state index contributed by atoms with van der Waals surface area (Å²) in [4.78, 5) is 5.45. The lowest BCUT2D eigenvalue weighted by Crippen LogP contribution is -2.07. The van der Waals surface area contributed by atoms with Gasteiger partial charge in [-0.1, -0.05) is 29.8 Å². The maximum atomic E-state index is 9.32. The van der Waals surface area contributed by atoms with Crippen molar-refractivity contribution >= 4 is 39.5 Å². The van der Waals surface area contributed by atoms with Crippen molar-refractivity contribution in [2.75, 3.05) is 5.32 Å². The van der Waals surface area contributed by atoms with E-state index in [0.717, 1.165) is 25.8 Å². The van der Waals surface area contributed by atoms with E-state index in [4.69, 9.17) is 11.6 Å². The van der Waals surface area contributed by atoms with E-state index in [1.54, 1.807) is 6.20 Å². The average molecular weight is 314 g/mol. The van der Waals surface area contributed by atoms with Gasteiger partial charge in [0.25, 0.3) is 0 Å². The molecule has 1 N–H and O–H groups in total. The SMILES string of the molecule is CC(Nc1c(C#N)cnc2ccccc12)c1ccc(Cl)s1. The lowest BCUT2D eigenvalue weighted by Gasteiger charge is -2.16. The highest BCUT2D eigenvalue weighted by Gasteiger charge is 2.13. The summed E-state index contributed by atoms with van der Waals surface area (Å²) in [5.41, 5.74) is 2.23. The second-order valence-corrected chi connectivity index (χ2v) is 6.43. The minimum absolute atomic E-state index is 0.0698. The summed E-state index contributed by atoms with van der Waals surface area (Å²) in [5, 5.41) is 13.7. The third-order valence-corrected chi connectivity index (χ3v) is 4.69. The van der Waals surface area contributed by atoms with Crippen molar-refractivity contribution in [2.45, 2.75) is 13.0 Å². The molecular formula is C16H12ClN3S. The zero-order chi connectivity index (χ0) is 14.8. The molecule has 0 aliphatic heterocycles. The van der Waals surface area contributed by atoms with Crippen molar-refractivity contribution in [3.8, 4) is 6.07 Å². The molecule has 0 radical (unpaired) electrons. The fourth-order valence-electron chi connectivity index (χ4n) is 2.23. The van der Waals surface area contributed by atoms with Crippen molar-refractivity contribution in [3.05, 3.63) is 57.4 Å². The largest absolute Gasteiger partial charge is 0.376 e. The Labute approximate surface area is 131 Å². The lowest BCUT2D eigenvalue weighted by atomic mass is 10.1. The predicted molar refractivity (Wildman–Crippen MR) is 87.8 cm³/mol. The molecule has 0 saturated heterocycles. The van der Waals surface area contributed by atoms with Crippen LogP contribution < -0.4 is 5.32 Å². The van der Waals surface area contributed by atoms with Crippen molar-refractivity contribution in [1.82, 2.24) is 4.98 Å². The Balaban J connectivity index is 2.05. The molecule has 0 bridgehead atoms. The second-order valence-electron chi connectivity index (χ2n) is 4.68. The van der Waals surface area contributed by atoms with Crippen molar-refractivity contribution in [2.24, 2.45) is 0 Å². The molecule has 1 atom stereocenters. The van der Waals surface area contributed by atoms with Crippen molar-refractivity contribution < 1.29 is 0 Å². The molecule has 0 amide bonds. The first-order valence-electron chi connectivity index (χ1n) is 6.48. The molecule has 0 aliphatic rings. The van der Waals surface area contributed by atoms with Gasteiger partial charge in [0.2, 0.25) is 0 Å². The molecule has 3 rings (SSSR count). The summed E-state index contributed by atoms with van der Waals surface area (Å²) < 4.78 is 0.763. The zero-order valence-electron chi connectivity index (χ0n) is 11.3. The van der Waals surface area contributed by atoms with Crippen LogP contribution in [0.2, 0.25) is 4.34 Å². The molecule has 21 heavy (non-hydrogen) atoms. The highest BCUT2D eigenvalue weighted by molar-refractivity contribution is 7.16. The van der Waals surface area contributed by atoms with Crippen LogP contribution in [-0.2, 0) is 0 Å². The summed E-state index contributed by atoms with van der Waals surface area (Å²) in [6.45, 7) is 2.05. The van der Waals surface area contributed by atoms with Gasteiger partial charge in [-0.05, 0) is 25.1 Å². The van der Waals surface area contributed by atoms with Crippen LogP contribution in [0.1, 0.15) is 23.4 Å². The van der Waals surface area contributed by atoms with E-state index < -0.39 is 0 Å². The van der Waals surface area contributed by atoms with E-state index in [2.05, 4.69) is 23.3 Å². The van der Waals surface area contributed by atoms with E-state index in [9.17, 15) is 5.26 Å². The number of hydrogen-bond acceptors (Lipinski definition) is 4. The minimum Gasteiger partial charge on any atom is -0.376 e. The van der Waals surface area contributed by atoms with Crippen LogP contribution >= 0.6 is 22.9 Å². The van der Waals surface area contributed by atoms with Gasteiger partial charge >= 0.3 is 0 Å². The number of rotatable bonds is 3. The topological polar surface area (TPSA) is 48.7 Å². The monoisotopic (exact) mass is 313 g/mol. The lowest BCUT2D eigenvalue weighted by molar-refractivity contribution is 0.909. The number of nitrogens with zero attached hydrogens (tertiary/aromatic N) is 2. The van der Waals surface area contributed by atoms with Crippen LogP contribution in [-0.4, -0.2) is 4.98 Å². The van der Waals surface area contributed by atoms with Crippen LogP contribution in [0.5, 0.6) is 0 Å². The Hall–Kier alpha value is -2.09. The molecule has 5 heteroatoms. The number of benzene rings is 1.